The van der Waals surface area contributed by atoms with Crippen molar-refractivity contribution in [1.29, 1.82) is 0 Å². The zero-order chi connectivity index (χ0) is 27.1. The lowest BCUT2D eigenvalue weighted by atomic mass is 9.43. The van der Waals surface area contributed by atoms with Gasteiger partial charge in [-0.05, 0) is 88.0 Å². The molecule has 204 valence electrons. The van der Waals surface area contributed by atoms with Gasteiger partial charge in [-0.2, -0.15) is 13.2 Å². The summed E-state index contributed by atoms with van der Waals surface area (Å²) in [5.41, 5.74) is 0.830. The molecular formula is C28H37F3N2O4. The van der Waals surface area contributed by atoms with Crippen LogP contribution in [0.15, 0.2) is 18.2 Å². The molecule has 1 heterocycles. The quantitative estimate of drug-likeness (QED) is 0.527. The topological polar surface area (TPSA) is 59.1 Å². The summed E-state index contributed by atoms with van der Waals surface area (Å²) in [5, 5.41) is 0. The van der Waals surface area contributed by atoms with Gasteiger partial charge in [0.05, 0.1) is 7.11 Å². The monoisotopic (exact) mass is 522 g/mol. The van der Waals surface area contributed by atoms with Crippen molar-refractivity contribution in [1.82, 2.24) is 9.80 Å². The highest BCUT2D eigenvalue weighted by atomic mass is 19.4. The van der Waals surface area contributed by atoms with Gasteiger partial charge in [-0.3, -0.25) is 4.79 Å². The average molecular weight is 523 g/mol. The zero-order valence-corrected chi connectivity index (χ0v) is 22.4. The minimum atomic E-state index is -4.92. The van der Waals surface area contributed by atoms with Gasteiger partial charge in [-0.15, -0.1) is 0 Å². The fraction of sp³-hybridized carbons (Fsp3) is 0.714. The Morgan fingerprint density at radius 2 is 1.86 bits per heavy atom. The average Bonchev–Trinajstić information content (AvgIpc) is 2.97. The van der Waals surface area contributed by atoms with Crippen LogP contribution in [-0.2, 0) is 21.4 Å². The summed E-state index contributed by atoms with van der Waals surface area (Å²) in [6.45, 7) is 8.13. The summed E-state index contributed by atoms with van der Waals surface area (Å²) in [5.74, 6) is -1.16. The number of amides is 2. The van der Waals surface area contributed by atoms with Crippen molar-refractivity contribution in [3.05, 3.63) is 29.3 Å². The second-order valence-corrected chi connectivity index (χ2v) is 12.5. The van der Waals surface area contributed by atoms with Crippen molar-refractivity contribution in [3.63, 3.8) is 0 Å². The highest BCUT2D eigenvalue weighted by molar-refractivity contribution is 5.82. The Bertz CT molecular complexity index is 1120. The summed E-state index contributed by atoms with van der Waals surface area (Å²) in [7, 11) is 2.92. The first-order valence-corrected chi connectivity index (χ1v) is 13.2. The number of nitrogens with zero attached hydrogens (tertiary/aromatic N) is 2. The van der Waals surface area contributed by atoms with Crippen LogP contribution in [0.25, 0.3) is 0 Å². The van der Waals surface area contributed by atoms with E-state index in [4.69, 9.17) is 9.47 Å². The molecule has 0 N–H and O–H groups in total. The van der Waals surface area contributed by atoms with Crippen molar-refractivity contribution in [2.45, 2.75) is 89.1 Å². The van der Waals surface area contributed by atoms with Crippen LogP contribution in [0.5, 0.6) is 5.75 Å². The minimum Gasteiger partial charge on any atom is -0.497 e. The Balaban J connectivity index is 1.66. The Hall–Kier alpha value is -2.45. The third kappa shape index (κ3) is 3.66. The van der Waals surface area contributed by atoms with Gasteiger partial charge in [0, 0.05) is 36.5 Å². The van der Waals surface area contributed by atoms with E-state index >= 15 is 0 Å². The number of methoxy groups -OCH3 is 1. The molecule has 4 aliphatic rings. The first kappa shape index (κ1) is 26.2. The number of likely N-dealkylation sites (tertiary alicyclic amines) is 1. The molecule has 2 saturated carbocycles. The van der Waals surface area contributed by atoms with Crippen molar-refractivity contribution in [3.8, 4) is 5.75 Å². The molecule has 5 rings (SSSR count). The Labute approximate surface area is 216 Å². The van der Waals surface area contributed by atoms with E-state index in [2.05, 4.69) is 13.0 Å². The van der Waals surface area contributed by atoms with E-state index in [1.165, 1.54) is 7.05 Å². The lowest BCUT2D eigenvalue weighted by Crippen LogP contribution is -2.71. The Morgan fingerprint density at radius 3 is 2.49 bits per heavy atom. The van der Waals surface area contributed by atoms with Crippen LogP contribution >= 0.6 is 0 Å². The molecule has 0 radical (unpaired) electrons. The van der Waals surface area contributed by atoms with Crippen LogP contribution in [0, 0.1) is 17.3 Å². The molecule has 37 heavy (non-hydrogen) atoms. The fourth-order valence-electron chi connectivity index (χ4n) is 8.78. The number of alkyl halides is 3. The molecule has 9 heteroatoms. The van der Waals surface area contributed by atoms with E-state index in [1.54, 1.807) is 7.11 Å². The molecule has 1 aliphatic heterocycles. The number of benzene rings is 1. The maximum atomic E-state index is 13.5. The maximum absolute atomic E-state index is 13.5. The number of fused-ring (bicyclic) bond motifs is 1. The molecule has 6 nitrogen and oxygen atoms in total. The third-order valence-corrected chi connectivity index (χ3v) is 9.72. The van der Waals surface area contributed by atoms with E-state index < -0.39 is 29.1 Å². The molecule has 1 aromatic rings. The summed E-state index contributed by atoms with van der Waals surface area (Å²) < 4.78 is 52.0. The molecule has 0 aromatic heterocycles. The van der Waals surface area contributed by atoms with Gasteiger partial charge >= 0.3 is 18.2 Å². The second-order valence-electron chi connectivity index (χ2n) is 12.5. The third-order valence-electron chi connectivity index (χ3n) is 9.72. The standard InChI is InChI=1S/C28H37F3N2O4/c1-16-15-26-10-9-20(32(5)23(34)28(29,30)31)22(16)27(26)11-12-33(24(35)37-25(2,3)4)21(26)13-17-7-8-18(36-6)14-19(17)27/h7-8,14,16,20-22H,9-13,15H2,1-6H3/t16-,20?,21?,22?,26?,27?/m0/s1. The number of rotatable bonds is 2. The first-order valence-electron chi connectivity index (χ1n) is 13.2. The van der Waals surface area contributed by atoms with Crippen LogP contribution < -0.4 is 4.74 Å². The van der Waals surface area contributed by atoms with E-state index in [-0.39, 0.29) is 29.4 Å². The molecule has 4 bridgehead atoms. The molecule has 0 spiro atoms. The summed E-state index contributed by atoms with van der Waals surface area (Å²) >= 11 is 0. The molecule has 1 aromatic carbocycles. The number of carbonyl (C=O) groups excluding carboxylic acids is 2. The van der Waals surface area contributed by atoms with E-state index in [0.29, 0.717) is 38.0 Å². The summed E-state index contributed by atoms with van der Waals surface area (Å²) in [6, 6.07) is 5.35. The van der Waals surface area contributed by atoms with Crippen LogP contribution in [-0.4, -0.2) is 66.4 Å². The van der Waals surface area contributed by atoms with Crippen LogP contribution in [0.4, 0.5) is 18.0 Å². The van der Waals surface area contributed by atoms with Crippen LogP contribution in [0.2, 0.25) is 0 Å². The molecule has 6 atom stereocenters. The highest BCUT2D eigenvalue weighted by Gasteiger charge is 2.74. The summed E-state index contributed by atoms with van der Waals surface area (Å²) in [4.78, 5) is 28.7. The highest BCUT2D eigenvalue weighted by Crippen LogP contribution is 2.74. The van der Waals surface area contributed by atoms with Crippen molar-refractivity contribution in [2.24, 2.45) is 17.3 Å². The molecule has 3 aliphatic carbocycles. The van der Waals surface area contributed by atoms with Gasteiger partial charge in [-0.1, -0.05) is 13.0 Å². The fourth-order valence-corrected chi connectivity index (χ4v) is 8.78. The zero-order valence-electron chi connectivity index (χ0n) is 22.4. The maximum Gasteiger partial charge on any atom is 0.471 e. The van der Waals surface area contributed by atoms with Gasteiger partial charge in [-0.25, -0.2) is 4.79 Å². The van der Waals surface area contributed by atoms with Crippen molar-refractivity contribution in [2.75, 3.05) is 20.7 Å². The van der Waals surface area contributed by atoms with E-state index in [0.717, 1.165) is 22.4 Å². The van der Waals surface area contributed by atoms with E-state index in [9.17, 15) is 22.8 Å². The molecule has 3 fully saturated rings. The number of carbonyl (C=O) groups is 2. The Morgan fingerprint density at radius 1 is 1.16 bits per heavy atom. The summed E-state index contributed by atoms with van der Waals surface area (Å²) in [6.07, 6.45) is -2.05. The predicted octanol–water partition coefficient (Wildman–Crippen LogP) is 5.32. The minimum absolute atomic E-state index is 0.0780. The number of hydrogen-bond donors (Lipinski definition) is 0. The van der Waals surface area contributed by atoms with Crippen LogP contribution in [0.3, 0.4) is 0 Å². The number of halogens is 3. The second kappa shape index (κ2) is 8.27. The van der Waals surface area contributed by atoms with Gasteiger partial charge in [0.2, 0.25) is 0 Å². The van der Waals surface area contributed by atoms with Crippen LogP contribution in [0.1, 0.15) is 64.5 Å². The normalized spacial score (nSPS) is 34.4. The van der Waals surface area contributed by atoms with Gasteiger partial charge in [0.1, 0.15) is 11.4 Å². The van der Waals surface area contributed by atoms with Gasteiger partial charge < -0.3 is 19.3 Å². The number of hydrogen-bond acceptors (Lipinski definition) is 4. The Kier molecular flexibility index (Phi) is 5.85. The van der Waals surface area contributed by atoms with Gasteiger partial charge in [0.25, 0.3) is 0 Å². The number of ether oxygens (including phenoxy) is 2. The molecule has 1 saturated heterocycles. The SMILES string of the molecule is COc1ccc2c(c1)C13CCN(C(=O)OC(C)(C)C)C(C2)C12CCC(N(C)C(=O)C(F)(F)F)C3[C@@H](C)C2. The smallest absolute Gasteiger partial charge is 0.471 e. The van der Waals surface area contributed by atoms with E-state index in [1.807, 2.05) is 37.8 Å². The first-order chi connectivity index (χ1) is 17.2. The molecule has 2 amide bonds. The van der Waals surface area contributed by atoms with Crippen molar-refractivity contribution >= 4 is 12.0 Å². The van der Waals surface area contributed by atoms with Gasteiger partial charge in [0.15, 0.2) is 0 Å². The predicted molar refractivity (Wildman–Crippen MR) is 131 cm³/mol. The molecule has 5 unspecified atom stereocenters. The lowest BCUT2D eigenvalue weighted by molar-refractivity contribution is -0.190. The lowest BCUT2D eigenvalue weighted by Gasteiger charge is -2.66. The van der Waals surface area contributed by atoms with Crippen molar-refractivity contribution < 1.29 is 32.2 Å². The largest absolute Gasteiger partial charge is 0.497 e. The number of piperidine rings is 1. The molecular weight excluding hydrogens is 485 g/mol.